The summed E-state index contributed by atoms with van der Waals surface area (Å²) in [6, 6.07) is 0. The second-order valence-electron chi connectivity index (χ2n) is 9.37. The van der Waals surface area contributed by atoms with Crippen molar-refractivity contribution in [3.05, 3.63) is 23.3 Å². The summed E-state index contributed by atoms with van der Waals surface area (Å²) in [6.07, 6.45) is 8.85. The van der Waals surface area contributed by atoms with E-state index in [2.05, 4.69) is 25.1 Å². The number of hydrogen-bond donors (Lipinski definition) is 2. The summed E-state index contributed by atoms with van der Waals surface area (Å²) >= 11 is 0. The summed E-state index contributed by atoms with van der Waals surface area (Å²) in [7, 11) is 0. The van der Waals surface area contributed by atoms with Crippen LogP contribution in [0.15, 0.2) is 28.5 Å². The van der Waals surface area contributed by atoms with E-state index >= 15 is 0 Å². The molecule has 0 saturated heterocycles. The van der Waals surface area contributed by atoms with Gasteiger partial charge in [0.1, 0.15) is 5.71 Å². The molecule has 25 heavy (non-hydrogen) atoms. The van der Waals surface area contributed by atoms with Crippen molar-refractivity contribution >= 4 is 11.5 Å². The van der Waals surface area contributed by atoms with Crippen molar-refractivity contribution in [2.45, 2.75) is 65.4 Å². The fourth-order valence-corrected chi connectivity index (χ4v) is 6.69. The molecule has 6 atom stereocenters. The number of oxime groups is 1. The van der Waals surface area contributed by atoms with Crippen LogP contribution in [0.4, 0.5) is 0 Å². The van der Waals surface area contributed by atoms with Gasteiger partial charge in [0.2, 0.25) is 5.78 Å². The highest BCUT2D eigenvalue weighted by Gasteiger charge is 2.61. The zero-order valence-electron chi connectivity index (χ0n) is 15.7. The first-order chi connectivity index (χ1) is 11.7. The Kier molecular flexibility index (Phi) is 3.45. The molecule has 0 aromatic rings. The van der Waals surface area contributed by atoms with E-state index in [-0.39, 0.29) is 16.6 Å². The molecule has 0 bridgehead atoms. The molecule has 0 aromatic carbocycles. The van der Waals surface area contributed by atoms with Gasteiger partial charge in [-0.3, -0.25) is 4.79 Å². The first kappa shape index (κ1) is 17.0. The van der Waals surface area contributed by atoms with Crippen molar-refractivity contribution in [3.63, 3.8) is 0 Å². The van der Waals surface area contributed by atoms with Crippen molar-refractivity contribution in [2.24, 2.45) is 33.7 Å². The minimum absolute atomic E-state index is 0.0854. The van der Waals surface area contributed by atoms with Gasteiger partial charge < -0.3 is 10.3 Å². The van der Waals surface area contributed by atoms with E-state index in [0.717, 1.165) is 31.3 Å². The van der Waals surface area contributed by atoms with E-state index in [0.29, 0.717) is 29.9 Å². The van der Waals surface area contributed by atoms with E-state index < -0.39 is 5.60 Å². The number of fused-ring (bicyclic) bond motifs is 5. The lowest BCUT2D eigenvalue weighted by molar-refractivity contribution is -0.113. The largest absolute Gasteiger partial charge is 0.411 e. The van der Waals surface area contributed by atoms with Crippen molar-refractivity contribution in [1.29, 1.82) is 0 Å². The summed E-state index contributed by atoms with van der Waals surface area (Å²) in [5.41, 5.74) is 1.44. The predicted octanol–water partition coefficient (Wildman–Crippen LogP) is 3.88. The molecule has 4 nitrogen and oxygen atoms in total. The minimum atomic E-state index is -0.740. The molecule has 0 spiro atoms. The van der Waals surface area contributed by atoms with Gasteiger partial charge in [0.25, 0.3) is 0 Å². The van der Waals surface area contributed by atoms with E-state index in [1.807, 2.05) is 19.9 Å². The third-order valence-corrected chi connectivity index (χ3v) is 8.42. The maximum Gasteiger partial charge on any atom is 0.206 e. The van der Waals surface area contributed by atoms with Crippen LogP contribution in [0.1, 0.15) is 59.8 Å². The van der Waals surface area contributed by atoms with E-state index in [4.69, 9.17) is 0 Å². The summed E-state index contributed by atoms with van der Waals surface area (Å²) in [4.78, 5) is 12.4. The zero-order chi connectivity index (χ0) is 18.2. The van der Waals surface area contributed by atoms with Crippen LogP contribution in [0.2, 0.25) is 0 Å². The Labute approximate surface area is 149 Å². The number of hydrogen-bond acceptors (Lipinski definition) is 4. The standard InChI is InChI=1S/C21H29NO3/c1-12-14-6-5-13-15(19(14,2)11-17(22-25)18(12)23)7-9-20(3)16(13)8-10-21(20,4)24/h8,10,13,15-16,24-25H,5-7,9,11H2,1-4H3/b22-17-/t13-,15+,16+,19+,20+,21+/m1/s1. The third-order valence-electron chi connectivity index (χ3n) is 8.42. The zero-order valence-corrected chi connectivity index (χ0v) is 15.7. The van der Waals surface area contributed by atoms with Gasteiger partial charge in [-0.2, -0.15) is 0 Å². The summed E-state index contributed by atoms with van der Waals surface area (Å²) in [6.45, 7) is 8.34. The van der Waals surface area contributed by atoms with E-state index in [1.54, 1.807) is 0 Å². The second kappa shape index (κ2) is 5.06. The Hall–Kier alpha value is -1.42. The highest BCUT2D eigenvalue weighted by atomic mass is 16.4. The molecule has 4 aliphatic rings. The molecule has 2 fully saturated rings. The molecule has 4 heteroatoms. The van der Waals surface area contributed by atoms with Gasteiger partial charge in [-0.15, -0.1) is 0 Å². The molecular formula is C21H29NO3. The summed E-state index contributed by atoms with van der Waals surface area (Å²) in [5, 5.41) is 23.6. The molecule has 4 aliphatic carbocycles. The molecule has 2 N–H and O–H groups in total. The van der Waals surface area contributed by atoms with Gasteiger partial charge in [0.05, 0.1) is 5.60 Å². The first-order valence-electron chi connectivity index (χ1n) is 9.53. The van der Waals surface area contributed by atoms with Crippen LogP contribution in [-0.4, -0.2) is 27.4 Å². The molecule has 2 saturated carbocycles. The minimum Gasteiger partial charge on any atom is -0.411 e. The number of nitrogens with zero attached hydrogens (tertiary/aromatic N) is 1. The SMILES string of the molecule is CC1=C2CC[C@@H]3[C@H](CC[C@@]4(C)[C@H]3C=C[C@]4(C)O)[C@@]2(C)C/C(=N/O)C1=O. The quantitative estimate of drug-likeness (QED) is 0.398. The molecule has 136 valence electrons. The van der Waals surface area contributed by atoms with Crippen molar-refractivity contribution < 1.29 is 15.1 Å². The van der Waals surface area contributed by atoms with Crippen LogP contribution < -0.4 is 0 Å². The van der Waals surface area contributed by atoms with Crippen LogP contribution in [0, 0.1) is 28.6 Å². The molecule has 0 aliphatic heterocycles. The number of carbonyl (C=O) groups is 1. The normalized spacial score (nSPS) is 50.7. The van der Waals surface area contributed by atoms with Crippen LogP contribution >= 0.6 is 0 Å². The maximum atomic E-state index is 12.4. The van der Waals surface area contributed by atoms with Crippen molar-refractivity contribution in [2.75, 3.05) is 0 Å². The lowest BCUT2D eigenvalue weighted by atomic mass is 9.45. The summed E-state index contributed by atoms with van der Waals surface area (Å²) in [5.74, 6) is 1.27. The number of aliphatic hydroxyl groups is 1. The van der Waals surface area contributed by atoms with Crippen LogP contribution in [0.3, 0.4) is 0 Å². The van der Waals surface area contributed by atoms with Gasteiger partial charge in [-0.05, 0) is 68.3 Å². The van der Waals surface area contributed by atoms with Crippen LogP contribution in [0.25, 0.3) is 0 Å². The van der Waals surface area contributed by atoms with Crippen LogP contribution in [0.5, 0.6) is 0 Å². The van der Waals surface area contributed by atoms with E-state index in [1.165, 1.54) is 5.57 Å². The Balaban J connectivity index is 1.77. The molecule has 0 amide bonds. The Bertz CT molecular complexity index is 731. The number of Topliss-reactive ketones (excluding diaryl/α,β-unsaturated/α-hetero) is 1. The molecule has 0 aromatic heterocycles. The van der Waals surface area contributed by atoms with Gasteiger partial charge in [0.15, 0.2) is 0 Å². The number of carbonyl (C=O) groups excluding carboxylic acids is 1. The molecule has 0 heterocycles. The Morgan fingerprint density at radius 1 is 1.24 bits per heavy atom. The average molecular weight is 343 g/mol. The van der Waals surface area contributed by atoms with Gasteiger partial charge >= 0.3 is 0 Å². The highest BCUT2D eigenvalue weighted by molar-refractivity contribution is 6.46. The Morgan fingerprint density at radius 2 is 1.96 bits per heavy atom. The topological polar surface area (TPSA) is 69.9 Å². The fraction of sp³-hybridized carbons (Fsp3) is 0.714. The van der Waals surface area contributed by atoms with Gasteiger partial charge in [-0.25, -0.2) is 0 Å². The van der Waals surface area contributed by atoms with Crippen molar-refractivity contribution in [3.8, 4) is 0 Å². The molecular weight excluding hydrogens is 314 g/mol. The smallest absolute Gasteiger partial charge is 0.206 e. The monoisotopic (exact) mass is 343 g/mol. The maximum absolute atomic E-state index is 12.4. The number of allylic oxidation sites excluding steroid dienone is 3. The predicted molar refractivity (Wildman–Crippen MR) is 96.5 cm³/mol. The third kappa shape index (κ3) is 1.98. The lowest BCUT2D eigenvalue weighted by Crippen LogP contribution is -2.55. The highest BCUT2D eigenvalue weighted by Crippen LogP contribution is 2.65. The number of rotatable bonds is 0. The lowest BCUT2D eigenvalue weighted by Gasteiger charge is -2.59. The first-order valence-corrected chi connectivity index (χ1v) is 9.53. The molecule has 4 rings (SSSR count). The van der Waals surface area contributed by atoms with E-state index in [9.17, 15) is 15.1 Å². The Morgan fingerprint density at radius 3 is 2.64 bits per heavy atom. The number of ketones is 1. The van der Waals surface area contributed by atoms with Crippen molar-refractivity contribution in [1.82, 2.24) is 0 Å². The molecule has 0 unspecified atom stereocenters. The average Bonchev–Trinajstić information content (AvgIpc) is 2.81. The van der Waals surface area contributed by atoms with Gasteiger partial charge in [0, 0.05) is 11.8 Å². The second-order valence-corrected chi connectivity index (χ2v) is 9.37. The van der Waals surface area contributed by atoms with Crippen LogP contribution in [-0.2, 0) is 4.79 Å². The summed E-state index contributed by atoms with van der Waals surface area (Å²) < 4.78 is 0. The van der Waals surface area contributed by atoms with Gasteiger partial charge in [-0.1, -0.05) is 36.7 Å². The fourth-order valence-electron chi connectivity index (χ4n) is 6.69. The molecule has 0 radical (unpaired) electrons.